The van der Waals surface area contributed by atoms with E-state index in [-0.39, 0.29) is 23.9 Å². The van der Waals surface area contributed by atoms with Gasteiger partial charge in [0.05, 0.1) is 12.6 Å². The van der Waals surface area contributed by atoms with E-state index in [1.165, 1.54) is 0 Å². The molecule has 3 heterocycles. The molecule has 35 heavy (non-hydrogen) atoms. The Kier molecular flexibility index (Phi) is 7.02. The monoisotopic (exact) mass is 485 g/mol. The Morgan fingerprint density at radius 3 is 2.57 bits per heavy atom. The molecule has 4 atom stereocenters. The third-order valence-corrected chi connectivity index (χ3v) is 7.38. The summed E-state index contributed by atoms with van der Waals surface area (Å²) >= 11 is 0. The predicted molar refractivity (Wildman–Crippen MR) is 132 cm³/mol. The first kappa shape index (κ1) is 25.3. The lowest BCUT2D eigenvalue weighted by Gasteiger charge is -2.42. The zero-order valence-electron chi connectivity index (χ0n) is 21.6. The molecule has 0 bridgehead atoms. The molecule has 8 nitrogen and oxygen atoms in total. The molecule has 2 N–H and O–H groups in total. The number of hydrogen-bond donors (Lipinski definition) is 2. The fourth-order valence-corrected chi connectivity index (χ4v) is 5.62. The zero-order chi connectivity index (χ0) is 25.4. The molecule has 1 aromatic carbocycles. The minimum atomic E-state index is -0.766. The number of rotatable bonds is 3. The number of amides is 3. The largest absolute Gasteiger partial charge is 0.493 e. The molecule has 1 unspecified atom stereocenters. The molecule has 2 fully saturated rings. The number of alkyl carbamates (subject to hydrolysis) is 1. The van der Waals surface area contributed by atoms with Crippen molar-refractivity contribution in [2.75, 3.05) is 6.61 Å². The van der Waals surface area contributed by atoms with Crippen LogP contribution in [0.15, 0.2) is 24.3 Å². The van der Waals surface area contributed by atoms with Gasteiger partial charge in [0.1, 0.15) is 23.4 Å². The number of hydrogen-bond acceptors (Lipinski definition) is 5. The van der Waals surface area contributed by atoms with Crippen LogP contribution < -0.4 is 15.4 Å². The summed E-state index contributed by atoms with van der Waals surface area (Å²) in [5.41, 5.74) is -0.175. The van der Waals surface area contributed by atoms with Crippen LogP contribution in [0.5, 0.6) is 5.75 Å². The van der Waals surface area contributed by atoms with Crippen LogP contribution in [0.1, 0.15) is 84.7 Å². The predicted octanol–water partition coefficient (Wildman–Crippen LogP) is 4.09. The lowest BCUT2D eigenvalue weighted by Crippen LogP contribution is -2.61. The van der Waals surface area contributed by atoms with Gasteiger partial charge in [-0.15, -0.1) is 0 Å². The van der Waals surface area contributed by atoms with Crippen LogP contribution >= 0.6 is 0 Å². The van der Waals surface area contributed by atoms with E-state index in [1.54, 1.807) is 25.7 Å². The second kappa shape index (κ2) is 9.70. The minimum Gasteiger partial charge on any atom is -0.493 e. The summed E-state index contributed by atoms with van der Waals surface area (Å²) in [6, 6.07) is 6.27. The van der Waals surface area contributed by atoms with Gasteiger partial charge in [-0.05, 0) is 57.9 Å². The molecular weight excluding hydrogens is 446 g/mol. The highest BCUT2D eigenvalue weighted by atomic mass is 16.6. The number of nitrogens with zero attached hydrogens (tertiary/aromatic N) is 1. The maximum Gasteiger partial charge on any atom is 0.408 e. The summed E-state index contributed by atoms with van der Waals surface area (Å²) in [5.74, 6) is 0.451. The van der Waals surface area contributed by atoms with Crippen LogP contribution in [-0.2, 0) is 14.3 Å². The van der Waals surface area contributed by atoms with E-state index >= 15 is 0 Å². The van der Waals surface area contributed by atoms with Crippen molar-refractivity contribution in [2.45, 2.75) is 103 Å². The Hall–Kier alpha value is -2.77. The molecule has 0 aromatic heterocycles. The van der Waals surface area contributed by atoms with Crippen molar-refractivity contribution in [1.29, 1.82) is 0 Å². The van der Waals surface area contributed by atoms with Gasteiger partial charge in [-0.3, -0.25) is 9.59 Å². The molecule has 1 aromatic rings. The minimum absolute atomic E-state index is 0.000683. The molecule has 0 aliphatic carbocycles. The van der Waals surface area contributed by atoms with Crippen molar-refractivity contribution in [2.24, 2.45) is 5.41 Å². The summed E-state index contributed by atoms with van der Waals surface area (Å²) in [6.45, 7) is 9.91. The number of nitrogens with one attached hydrogen (secondary N) is 2. The molecule has 4 rings (SSSR count). The van der Waals surface area contributed by atoms with Crippen LogP contribution in [0.3, 0.4) is 0 Å². The number of carbonyl (C=O) groups excluding carboxylic acids is 3. The van der Waals surface area contributed by atoms with Gasteiger partial charge in [0, 0.05) is 18.0 Å². The highest BCUT2D eigenvalue weighted by Crippen LogP contribution is 2.39. The summed E-state index contributed by atoms with van der Waals surface area (Å²) in [5, 5.41) is 6.04. The second-order valence-corrected chi connectivity index (χ2v) is 11.7. The summed E-state index contributed by atoms with van der Waals surface area (Å²) < 4.78 is 11.2. The standard InChI is InChI=1S/C27H39N3O5/c1-26(2,3)35-25(33)29-22-24(32)30-17(9-8-15-27(22,4)5)12-13-20(30)23(31)28-19-14-16-34-21-11-7-6-10-18(19)21/h6-7,10-11,17,19-20,22H,8-9,12-16H2,1-5H3,(H,28,31)(H,29,33)/t17-,19?,20-,22+/m0/s1. The maximum absolute atomic E-state index is 14.0. The van der Waals surface area contributed by atoms with Gasteiger partial charge < -0.3 is 25.0 Å². The fraction of sp³-hybridized carbons (Fsp3) is 0.667. The smallest absolute Gasteiger partial charge is 0.408 e. The van der Waals surface area contributed by atoms with Crippen LogP contribution in [0.2, 0.25) is 0 Å². The van der Waals surface area contributed by atoms with E-state index in [0.29, 0.717) is 19.4 Å². The lowest BCUT2D eigenvalue weighted by atomic mass is 9.77. The average molecular weight is 486 g/mol. The van der Waals surface area contributed by atoms with Crippen molar-refractivity contribution in [3.63, 3.8) is 0 Å². The highest BCUT2D eigenvalue weighted by molar-refractivity contribution is 5.93. The Balaban J connectivity index is 1.54. The molecule has 8 heteroatoms. The quantitative estimate of drug-likeness (QED) is 0.672. The highest BCUT2D eigenvalue weighted by Gasteiger charge is 2.49. The van der Waals surface area contributed by atoms with Gasteiger partial charge in [-0.1, -0.05) is 38.5 Å². The third-order valence-electron chi connectivity index (χ3n) is 7.38. The molecule has 3 aliphatic heterocycles. The fourth-order valence-electron chi connectivity index (χ4n) is 5.62. The first-order chi connectivity index (χ1) is 16.5. The van der Waals surface area contributed by atoms with Crippen LogP contribution in [-0.4, -0.2) is 53.1 Å². The maximum atomic E-state index is 14.0. The number of carbonyl (C=O) groups is 3. The molecular formula is C27H39N3O5. The molecule has 0 saturated carbocycles. The number of fused-ring (bicyclic) bond motifs is 2. The molecule has 2 saturated heterocycles. The van der Waals surface area contributed by atoms with E-state index in [1.807, 2.05) is 38.1 Å². The van der Waals surface area contributed by atoms with E-state index in [9.17, 15) is 14.4 Å². The van der Waals surface area contributed by atoms with E-state index < -0.39 is 29.2 Å². The summed E-state index contributed by atoms with van der Waals surface area (Å²) in [6.07, 6.45) is 4.07. The lowest BCUT2D eigenvalue weighted by molar-refractivity contribution is -0.146. The normalized spacial score (nSPS) is 28.0. The first-order valence-corrected chi connectivity index (χ1v) is 12.8. The van der Waals surface area contributed by atoms with Gasteiger partial charge in [0.25, 0.3) is 0 Å². The van der Waals surface area contributed by atoms with Gasteiger partial charge >= 0.3 is 6.09 Å². The van der Waals surface area contributed by atoms with Crippen molar-refractivity contribution >= 4 is 17.9 Å². The molecule has 3 aliphatic rings. The van der Waals surface area contributed by atoms with Gasteiger partial charge in [-0.25, -0.2) is 4.79 Å². The Bertz CT molecular complexity index is 970. The van der Waals surface area contributed by atoms with Crippen molar-refractivity contribution in [3.8, 4) is 5.75 Å². The zero-order valence-corrected chi connectivity index (χ0v) is 21.6. The van der Waals surface area contributed by atoms with Gasteiger partial charge in [-0.2, -0.15) is 0 Å². The van der Waals surface area contributed by atoms with Crippen molar-refractivity contribution in [3.05, 3.63) is 29.8 Å². The molecule has 0 radical (unpaired) electrons. The Labute approximate surface area is 208 Å². The topological polar surface area (TPSA) is 97.0 Å². The van der Waals surface area contributed by atoms with Crippen molar-refractivity contribution < 1.29 is 23.9 Å². The van der Waals surface area contributed by atoms with Crippen LogP contribution in [0, 0.1) is 5.41 Å². The van der Waals surface area contributed by atoms with Crippen LogP contribution in [0.4, 0.5) is 4.79 Å². The Morgan fingerprint density at radius 2 is 1.83 bits per heavy atom. The first-order valence-electron chi connectivity index (χ1n) is 12.8. The molecule has 3 amide bonds. The number of ether oxygens (including phenoxy) is 2. The van der Waals surface area contributed by atoms with Gasteiger partial charge in [0.2, 0.25) is 11.8 Å². The summed E-state index contributed by atoms with van der Waals surface area (Å²) in [4.78, 5) is 41.9. The molecule has 192 valence electrons. The average Bonchev–Trinajstić information content (AvgIpc) is 3.19. The second-order valence-electron chi connectivity index (χ2n) is 11.7. The third kappa shape index (κ3) is 5.57. The summed E-state index contributed by atoms with van der Waals surface area (Å²) in [7, 11) is 0. The van der Waals surface area contributed by atoms with Crippen molar-refractivity contribution in [1.82, 2.24) is 15.5 Å². The van der Waals surface area contributed by atoms with E-state index in [0.717, 1.165) is 37.0 Å². The Morgan fingerprint density at radius 1 is 1.09 bits per heavy atom. The van der Waals surface area contributed by atoms with Crippen LogP contribution in [0.25, 0.3) is 0 Å². The van der Waals surface area contributed by atoms with Gasteiger partial charge in [0.15, 0.2) is 0 Å². The SMILES string of the molecule is CC(C)(C)OC(=O)N[C@@H]1C(=O)N2[C@@H](CCCC1(C)C)CC[C@H]2C(=O)NC1CCOc2ccccc21. The van der Waals surface area contributed by atoms with E-state index in [4.69, 9.17) is 9.47 Å². The van der Waals surface area contributed by atoms with E-state index in [2.05, 4.69) is 10.6 Å². The molecule has 0 spiro atoms. The number of benzene rings is 1. The number of para-hydroxylation sites is 1.